The first-order valence-electron chi connectivity index (χ1n) is 7.17. The Morgan fingerprint density at radius 1 is 1.08 bits per heavy atom. The molecule has 0 saturated carbocycles. The number of halogens is 1. The van der Waals surface area contributed by atoms with Crippen LogP contribution in [0.15, 0.2) is 58.5 Å². The second kappa shape index (κ2) is 7.30. The maximum atomic E-state index is 12.5. The number of rotatable bonds is 3. The molecule has 0 radical (unpaired) electrons. The van der Waals surface area contributed by atoms with E-state index in [-0.39, 0.29) is 5.91 Å². The third-order valence-electron chi connectivity index (χ3n) is 3.34. The molecule has 0 unspecified atom stereocenters. The van der Waals surface area contributed by atoms with E-state index in [9.17, 15) is 4.79 Å². The monoisotopic (exact) mass is 372 g/mol. The van der Waals surface area contributed by atoms with Gasteiger partial charge in [-0.15, -0.1) is 0 Å². The highest BCUT2D eigenvalue weighted by Crippen LogP contribution is 2.32. The van der Waals surface area contributed by atoms with E-state index in [1.807, 2.05) is 49.4 Å². The van der Waals surface area contributed by atoms with Crippen molar-refractivity contribution in [2.24, 2.45) is 5.10 Å². The van der Waals surface area contributed by atoms with E-state index in [0.29, 0.717) is 14.2 Å². The minimum absolute atomic E-state index is 0.212. The van der Waals surface area contributed by atoms with Crippen molar-refractivity contribution in [1.82, 2.24) is 5.01 Å². The van der Waals surface area contributed by atoms with Gasteiger partial charge in [0, 0.05) is 5.02 Å². The lowest BCUT2D eigenvalue weighted by Gasteiger charge is -2.06. The highest BCUT2D eigenvalue weighted by molar-refractivity contribution is 8.26. The zero-order chi connectivity index (χ0) is 17.1. The molecular formula is C18H13ClN2OS2. The Hall–Kier alpha value is -1.95. The number of aryl methyl sites for hydroxylation is 1. The van der Waals surface area contributed by atoms with Crippen LogP contribution in [0.4, 0.5) is 0 Å². The summed E-state index contributed by atoms with van der Waals surface area (Å²) < 4.78 is 0.420. The molecule has 0 atom stereocenters. The molecule has 2 aromatic rings. The van der Waals surface area contributed by atoms with Crippen LogP contribution in [0.25, 0.3) is 6.08 Å². The van der Waals surface area contributed by atoms with Crippen molar-refractivity contribution < 1.29 is 4.79 Å². The summed E-state index contributed by atoms with van der Waals surface area (Å²) in [6, 6.07) is 15.1. The summed E-state index contributed by atoms with van der Waals surface area (Å²) in [7, 11) is 0. The maximum absolute atomic E-state index is 12.5. The van der Waals surface area contributed by atoms with E-state index >= 15 is 0 Å². The zero-order valence-corrected chi connectivity index (χ0v) is 15.2. The summed E-state index contributed by atoms with van der Waals surface area (Å²) in [6.45, 7) is 2.02. The average molecular weight is 373 g/mol. The van der Waals surface area contributed by atoms with E-state index in [1.165, 1.54) is 22.3 Å². The Bertz CT molecular complexity index is 842. The number of thiocarbonyl (C=S) groups is 1. The Morgan fingerprint density at radius 3 is 2.38 bits per heavy atom. The number of amides is 1. The van der Waals surface area contributed by atoms with Gasteiger partial charge in [-0.2, -0.15) is 10.1 Å². The van der Waals surface area contributed by atoms with Crippen LogP contribution in [0.5, 0.6) is 0 Å². The molecular weight excluding hydrogens is 360 g/mol. The second-order valence-corrected chi connectivity index (χ2v) is 7.31. The SMILES string of the molecule is Cc1ccc(/C=C2/SC(=S)N(/N=C/c3ccc(Cl)cc3)C2=O)cc1. The molecule has 3 rings (SSSR count). The van der Waals surface area contributed by atoms with Crippen molar-refractivity contribution in [3.05, 3.63) is 75.1 Å². The Labute approximate surface area is 155 Å². The Balaban J connectivity index is 1.78. The lowest BCUT2D eigenvalue weighted by molar-refractivity contribution is -0.122. The van der Waals surface area contributed by atoms with Crippen LogP contribution in [0.1, 0.15) is 16.7 Å². The number of thioether (sulfide) groups is 1. The number of nitrogens with zero attached hydrogens (tertiary/aromatic N) is 2. The number of benzene rings is 2. The van der Waals surface area contributed by atoms with Crippen LogP contribution in [0, 0.1) is 6.92 Å². The lowest BCUT2D eigenvalue weighted by atomic mass is 10.1. The molecule has 6 heteroatoms. The minimum atomic E-state index is -0.212. The minimum Gasteiger partial charge on any atom is -0.266 e. The van der Waals surface area contributed by atoms with Crippen molar-refractivity contribution in [1.29, 1.82) is 0 Å². The molecule has 0 spiro atoms. The van der Waals surface area contributed by atoms with Crippen LogP contribution in [-0.4, -0.2) is 21.5 Å². The number of hydrazone groups is 1. The summed E-state index contributed by atoms with van der Waals surface area (Å²) in [5.74, 6) is -0.212. The molecule has 0 N–H and O–H groups in total. The van der Waals surface area contributed by atoms with Crippen LogP contribution >= 0.6 is 35.6 Å². The molecule has 1 fully saturated rings. The molecule has 1 heterocycles. The van der Waals surface area contributed by atoms with Gasteiger partial charge in [0.2, 0.25) is 0 Å². The van der Waals surface area contributed by atoms with Crippen molar-refractivity contribution in [2.75, 3.05) is 0 Å². The van der Waals surface area contributed by atoms with Gasteiger partial charge in [-0.3, -0.25) is 4.79 Å². The second-order valence-electron chi connectivity index (χ2n) is 5.20. The molecule has 0 bridgehead atoms. The van der Waals surface area contributed by atoms with Gasteiger partial charge < -0.3 is 0 Å². The summed E-state index contributed by atoms with van der Waals surface area (Å²) in [5, 5.41) is 6.10. The first-order valence-corrected chi connectivity index (χ1v) is 8.77. The molecule has 2 aromatic carbocycles. The van der Waals surface area contributed by atoms with Crippen molar-refractivity contribution in [3.8, 4) is 0 Å². The fourth-order valence-corrected chi connectivity index (χ4v) is 3.35. The highest BCUT2D eigenvalue weighted by Gasteiger charge is 2.31. The van der Waals surface area contributed by atoms with Gasteiger partial charge in [-0.25, -0.2) is 0 Å². The molecule has 1 aliphatic heterocycles. The van der Waals surface area contributed by atoms with Crippen molar-refractivity contribution in [2.45, 2.75) is 6.92 Å². The van der Waals surface area contributed by atoms with Crippen LogP contribution in [0.3, 0.4) is 0 Å². The quantitative estimate of drug-likeness (QED) is 0.437. The maximum Gasteiger partial charge on any atom is 0.286 e. The standard InChI is InChI=1S/C18H13ClN2OS2/c1-12-2-4-13(5-3-12)10-16-17(22)21(18(23)24-16)20-11-14-6-8-15(19)9-7-14/h2-11H,1H3/b16-10+,20-11+. The molecule has 0 aliphatic carbocycles. The first kappa shape index (κ1) is 16.9. The van der Waals surface area contributed by atoms with Gasteiger partial charge in [-0.05, 0) is 48.5 Å². The number of carbonyl (C=O) groups is 1. The fraction of sp³-hybridized carbons (Fsp3) is 0.0556. The smallest absolute Gasteiger partial charge is 0.266 e. The first-order chi connectivity index (χ1) is 11.5. The molecule has 1 amide bonds. The third kappa shape index (κ3) is 3.93. The van der Waals surface area contributed by atoms with Gasteiger partial charge in [0.1, 0.15) is 0 Å². The van der Waals surface area contributed by atoms with E-state index < -0.39 is 0 Å². The third-order valence-corrected chi connectivity index (χ3v) is 4.88. The van der Waals surface area contributed by atoms with E-state index in [0.717, 1.165) is 11.1 Å². The van der Waals surface area contributed by atoms with Gasteiger partial charge in [-0.1, -0.05) is 65.3 Å². The van der Waals surface area contributed by atoms with E-state index in [1.54, 1.807) is 18.3 Å². The largest absolute Gasteiger partial charge is 0.286 e. The Kier molecular flexibility index (Phi) is 5.14. The van der Waals surface area contributed by atoms with Gasteiger partial charge in [0.15, 0.2) is 4.32 Å². The van der Waals surface area contributed by atoms with Crippen molar-refractivity contribution in [3.63, 3.8) is 0 Å². The summed E-state index contributed by atoms with van der Waals surface area (Å²) in [5.41, 5.74) is 2.98. The number of carbonyl (C=O) groups excluding carboxylic acids is 1. The number of hydrogen-bond acceptors (Lipinski definition) is 4. The summed E-state index contributed by atoms with van der Waals surface area (Å²) in [4.78, 5) is 13.0. The molecule has 0 aromatic heterocycles. The molecule has 24 heavy (non-hydrogen) atoms. The highest BCUT2D eigenvalue weighted by atomic mass is 35.5. The van der Waals surface area contributed by atoms with Gasteiger partial charge in [0.25, 0.3) is 5.91 Å². The van der Waals surface area contributed by atoms with Crippen LogP contribution in [0.2, 0.25) is 5.02 Å². The van der Waals surface area contributed by atoms with Crippen LogP contribution in [-0.2, 0) is 4.79 Å². The Morgan fingerprint density at radius 2 is 1.71 bits per heavy atom. The zero-order valence-electron chi connectivity index (χ0n) is 12.8. The fourth-order valence-electron chi connectivity index (χ4n) is 2.05. The normalized spacial score (nSPS) is 16.6. The topological polar surface area (TPSA) is 32.7 Å². The predicted molar refractivity (Wildman–Crippen MR) is 105 cm³/mol. The predicted octanol–water partition coefficient (Wildman–Crippen LogP) is 4.88. The van der Waals surface area contributed by atoms with Gasteiger partial charge >= 0.3 is 0 Å². The van der Waals surface area contributed by atoms with Gasteiger partial charge in [0.05, 0.1) is 11.1 Å². The van der Waals surface area contributed by atoms with E-state index in [4.69, 9.17) is 23.8 Å². The van der Waals surface area contributed by atoms with Crippen LogP contribution < -0.4 is 0 Å². The summed E-state index contributed by atoms with van der Waals surface area (Å²) >= 11 is 12.4. The lowest BCUT2D eigenvalue weighted by Crippen LogP contribution is -2.22. The van der Waals surface area contributed by atoms with Crippen molar-refractivity contribution >= 4 is 58.1 Å². The summed E-state index contributed by atoms with van der Waals surface area (Å²) in [6.07, 6.45) is 3.42. The molecule has 1 saturated heterocycles. The molecule has 120 valence electrons. The number of hydrogen-bond donors (Lipinski definition) is 0. The molecule has 1 aliphatic rings. The average Bonchev–Trinajstić information content (AvgIpc) is 2.83. The molecule has 3 nitrogen and oxygen atoms in total. The van der Waals surface area contributed by atoms with E-state index in [2.05, 4.69) is 5.10 Å².